The van der Waals surface area contributed by atoms with Crippen LogP contribution in [0.1, 0.15) is 5.56 Å². The van der Waals surface area contributed by atoms with Gasteiger partial charge in [0.15, 0.2) is 5.65 Å². The molecule has 6 nitrogen and oxygen atoms in total. The third-order valence-corrected chi connectivity index (χ3v) is 3.99. The van der Waals surface area contributed by atoms with E-state index in [1.807, 2.05) is 19.1 Å². The predicted octanol–water partition coefficient (Wildman–Crippen LogP) is 2.34. The summed E-state index contributed by atoms with van der Waals surface area (Å²) in [4.78, 5) is 28.9. The number of aromatic nitrogens is 3. The van der Waals surface area contributed by atoms with Crippen LogP contribution in [0.2, 0.25) is 5.02 Å². The molecule has 118 valence electrons. The molecule has 0 amide bonds. The van der Waals surface area contributed by atoms with Gasteiger partial charge in [0.1, 0.15) is 5.39 Å². The van der Waals surface area contributed by atoms with E-state index in [1.54, 1.807) is 25.4 Å². The summed E-state index contributed by atoms with van der Waals surface area (Å²) >= 11 is 6.01. The molecule has 0 aliphatic heterocycles. The fourth-order valence-corrected chi connectivity index (χ4v) is 2.69. The van der Waals surface area contributed by atoms with Crippen molar-refractivity contribution in [1.82, 2.24) is 14.1 Å². The first-order valence-electron chi connectivity index (χ1n) is 6.98. The average Bonchev–Trinajstić information content (AvgIpc) is 2.52. The van der Waals surface area contributed by atoms with Crippen LogP contribution in [-0.4, -0.2) is 14.1 Å². The Hall–Kier alpha value is -2.60. The Morgan fingerprint density at radius 1 is 1.17 bits per heavy atom. The lowest BCUT2D eigenvalue weighted by Gasteiger charge is -2.14. The molecule has 0 saturated carbocycles. The molecule has 2 aromatic heterocycles. The van der Waals surface area contributed by atoms with Crippen LogP contribution in [0, 0.1) is 6.92 Å². The maximum atomic E-state index is 12.6. The number of nitrogens with one attached hydrogen (secondary N) is 1. The SMILES string of the molecule is Cc1cnc2c(c1Nc1cccc(Cl)c1)c(=O)n(C)c(=O)n2C. The van der Waals surface area contributed by atoms with Gasteiger partial charge in [-0.05, 0) is 30.7 Å². The van der Waals surface area contributed by atoms with Gasteiger partial charge in [-0.25, -0.2) is 9.78 Å². The number of halogens is 1. The first-order chi connectivity index (χ1) is 10.9. The number of rotatable bonds is 2. The maximum absolute atomic E-state index is 12.6. The highest BCUT2D eigenvalue weighted by Gasteiger charge is 2.15. The van der Waals surface area contributed by atoms with E-state index in [0.717, 1.165) is 15.8 Å². The van der Waals surface area contributed by atoms with Gasteiger partial charge >= 0.3 is 5.69 Å². The van der Waals surface area contributed by atoms with E-state index < -0.39 is 5.69 Å². The molecule has 1 N–H and O–H groups in total. The number of hydrogen-bond acceptors (Lipinski definition) is 4. The summed E-state index contributed by atoms with van der Waals surface area (Å²) in [7, 11) is 3.05. The topological polar surface area (TPSA) is 68.9 Å². The highest BCUT2D eigenvalue weighted by Crippen LogP contribution is 2.26. The average molecular weight is 331 g/mol. The molecule has 3 aromatic rings. The minimum absolute atomic E-state index is 0.341. The number of hydrogen-bond donors (Lipinski definition) is 1. The zero-order valence-corrected chi connectivity index (χ0v) is 13.7. The van der Waals surface area contributed by atoms with Gasteiger partial charge in [0.05, 0.1) is 5.69 Å². The Morgan fingerprint density at radius 2 is 1.91 bits per heavy atom. The van der Waals surface area contributed by atoms with Crippen LogP contribution in [0.15, 0.2) is 40.1 Å². The lowest BCUT2D eigenvalue weighted by molar-refractivity contribution is 0.707. The van der Waals surface area contributed by atoms with Crippen molar-refractivity contribution in [3.8, 4) is 0 Å². The number of pyridine rings is 1. The fourth-order valence-electron chi connectivity index (χ4n) is 2.49. The van der Waals surface area contributed by atoms with Crippen molar-refractivity contribution in [2.45, 2.75) is 6.92 Å². The molecule has 0 aliphatic carbocycles. The Bertz CT molecular complexity index is 1040. The van der Waals surface area contributed by atoms with Gasteiger partial charge in [0.2, 0.25) is 0 Å². The first-order valence-corrected chi connectivity index (χ1v) is 7.36. The minimum Gasteiger partial charge on any atom is -0.354 e. The first kappa shape index (κ1) is 15.3. The van der Waals surface area contributed by atoms with Crippen LogP contribution >= 0.6 is 11.6 Å². The van der Waals surface area contributed by atoms with Crippen LogP contribution in [0.25, 0.3) is 11.0 Å². The van der Waals surface area contributed by atoms with Gasteiger partial charge in [-0.1, -0.05) is 17.7 Å². The second kappa shape index (κ2) is 5.55. The third kappa shape index (κ3) is 2.51. The molecule has 0 atom stereocenters. The van der Waals surface area contributed by atoms with Crippen molar-refractivity contribution in [2.24, 2.45) is 14.1 Å². The molecule has 23 heavy (non-hydrogen) atoms. The van der Waals surface area contributed by atoms with Crippen LogP contribution in [-0.2, 0) is 14.1 Å². The second-order valence-corrected chi connectivity index (χ2v) is 5.79. The maximum Gasteiger partial charge on any atom is 0.332 e. The molecule has 0 fully saturated rings. The van der Waals surface area contributed by atoms with Gasteiger partial charge in [-0.3, -0.25) is 13.9 Å². The Balaban J connectivity index is 2.34. The molecule has 0 bridgehead atoms. The summed E-state index contributed by atoms with van der Waals surface area (Å²) in [5.41, 5.74) is 1.72. The fraction of sp³-hybridized carbons (Fsp3) is 0.188. The Morgan fingerprint density at radius 3 is 2.61 bits per heavy atom. The number of benzene rings is 1. The quantitative estimate of drug-likeness (QED) is 0.783. The van der Waals surface area contributed by atoms with E-state index in [9.17, 15) is 9.59 Å². The molecule has 0 saturated heterocycles. The molecule has 0 unspecified atom stereocenters. The van der Waals surface area contributed by atoms with Gasteiger partial charge in [-0.2, -0.15) is 0 Å². The highest BCUT2D eigenvalue weighted by molar-refractivity contribution is 6.30. The van der Waals surface area contributed by atoms with Gasteiger partial charge in [0.25, 0.3) is 5.56 Å². The number of fused-ring (bicyclic) bond motifs is 1. The van der Waals surface area contributed by atoms with E-state index in [1.165, 1.54) is 11.6 Å². The molecular weight excluding hydrogens is 316 g/mol. The molecule has 2 heterocycles. The molecule has 3 rings (SSSR count). The van der Waals surface area contributed by atoms with Crippen molar-refractivity contribution < 1.29 is 0 Å². The van der Waals surface area contributed by atoms with E-state index >= 15 is 0 Å². The smallest absolute Gasteiger partial charge is 0.332 e. The van der Waals surface area contributed by atoms with Gasteiger partial charge in [-0.15, -0.1) is 0 Å². The summed E-state index contributed by atoms with van der Waals surface area (Å²) in [6, 6.07) is 7.20. The molecule has 0 spiro atoms. The lowest BCUT2D eigenvalue weighted by Crippen LogP contribution is -2.37. The van der Waals surface area contributed by atoms with Crippen molar-refractivity contribution in [3.05, 3.63) is 61.9 Å². The number of nitrogens with zero attached hydrogens (tertiary/aromatic N) is 3. The summed E-state index contributed by atoms with van der Waals surface area (Å²) in [5, 5.41) is 4.18. The summed E-state index contributed by atoms with van der Waals surface area (Å²) in [6.45, 7) is 1.85. The second-order valence-electron chi connectivity index (χ2n) is 5.36. The Kier molecular flexibility index (Phi) is 3.69. The lowest BCUT2D eigenvalue weighted by atomic mass is 10.1. The van der Waals surface area contributed by atoms with E-state index in [0.29, 0.717) is 21.7 Å². The number of anilines is 2. The van der Waals surface area contributed by atoms with E-state index in [2.05, 4.69) is 10.3 Å². The Labute approximate surface area is 137 Å². The predicted molar refractivity (Wildman–Crippen MR) is 91.7 cm³/mol. The van der Waals surface area contributed by atoms with E-state index in [4.69, 9.17) is 11.6 Å². The third-order valence-electron chi connectivity index (χ3n) is 3.75. The summed E-state index contributed by atoms with van der Waals surface area (Å²) < 4.78 is 2.44. The summed E-state index contributed by atoms with van der Waals surface area (Å²) in [5.74, 6) is 0. The zero-order valence-electron chi connectivity index (χ0n) is 12.9. The standard InChI is InChI=1S/C16H15ClN4O2/c1-9-8-18-14-12(15(22)21(3)16(23)20(14)2)13(9)19-11-6-4-5-10(17)7-11/h4-8H,1-3H3,(H,18,19). The zero-order chi connectivity index (χ0) is 16.7. The molecule has 0 radical (unpaired) electrons. The molecule has 0 aliphatic rings. The number of aryl methyl sites for hydroxylation is 2. The van der Waals surface area contributed by atoms with Crippen LogP contribution in [0.4, 0.5) is 11.4 Å². The van der Waals surface area contributed by atoms with Crippen molar-refractivity contribution in [2.75, 3.05) is 5.32 Å². The van der Waals surface area contributed by atoms with Crippen LogP contribution < -0.4 is 16.6 Å². The molecule has 7 heteroatoms. The normalized spacial score (nSPS) is 11.0. The molecule has 1 aromatic carbocycles. The van der Waals surface area contributed by atoms with Gasteiger partial charge in [0, 0.05) is 31.0 Å². The summed E-state index contributed by atoms with van der Waals surface area (Å²) in [6.07, 6.45) is 1.63. The van der Waals surface area contributed by atoms with Gasteiger partial charge < -0.3 is 5.32 Å². The largest absolute Gasteiger partial charge is 0.354 e. The highest BCUT2D eigenvalue weighted by atomic mass is 35.5. The van der Waals surface area contributed by atoms with Crippen molar-refractivity contribution in [1.29, 1.82) is 0 Å². The molecular formula is C16H15ClN4O2. The monoisotopic (exact) mass is 330 g/mol. The van der Waals surface area contributed by atoms with E-state index in [-0.39, 0.29) is 5.56 Å². The van der Waals surface area contributed by atoms with Crippen LogP contribution in [0.3, 0.4) is 0 Å². The van der Waals surface area contributed by atoms with Crippen molar-refractivity contribution in [3.63, 3.8) is 0 Å². The van der Waals surface area contributed by atoms with Crippen LogP contribution in [0.5, 0.6) is 0 Å². The van der Waals surface area contributed by atoms with Crippen molar-refractivity contribution >= 4 is 34.0 Å². The minimum atomic E-state index is -0.410.